The maximum absolute atomic E-state index is 13.6. The third-order valence-electron chi connectivity index (χ3n) is 6.17. The molecular formula is C28H30N2O3. The minimum atomic E-state index is -0.164. The summed E-state index contributed by atoms with van der Waals surface area (Å²) in [5, 5.41) is 0. The van der Waals surface area contributed by atoms with Crippen molar-refractivity contribution in [3.8, 4) is 5.75 Å². The minimum absolute atomic E-state index is 0.0702. The molecule has 5 nitrogen and oxygen atoms in total. The summed E-state index contributed by atoms with van der Waals surface area (Å²) in [7, 11) is 1.59. The molecule has 0 aliphatic carbocycles. The molecule has 3 aromatic rings. The van der Waals surface area contributed by atoms with E-state index in [1.165, 1.54) is 0 Å². The number of benzene rings is 3. The lowest BCUT2D eigenvalue weighted by atomic mass is 9.89. The van der Waals surface area contributed by atoms with Crippen LogP contribution in [0.5, 0.6) is 5.75 Å². The van der Waals surface area contributed by atoms with Crippen LogP contribution in [0.25, 0.3) is 0 Å². The molecule has 170 valence electrons. The van der Waals surface area contributed by atoms with Crippen LogP contribution in [0.2, 0.25) is 0 Å². The van der Waals surface area contributed by atoms with Gasteiger partial charge in [-0.3, -0.25) is 9.59 Å². The van der Waals surface area contributed by atoms with Gasteiger partial charge in [0.1, 0.15) is 5.75 Å². The van der Waals surface area contributed by atoms with Crippen molar-refractivity contribution in [2.24, 2.45) is 5.92 Å². The number of para-hydroxylation sites is 2. The van der Waals surface area contributed by atoms with Gasteiger partial charge >= 0.3 is 0 Å². The molecule has 1 aliphatic heterocycles. The third-order valence-corrected chi connectivity index (χ3v) is 6.17. The molecular weight excluding hydrogens is 412 g/mol. The van der Waals surface area contributed by atoms with Gasteiger partial charge in [-0.1, -0.05) is 56.3 Å². The first-order valence-electron chi connectivity index (χ1n) is 11.4. The second-order valence-electron chi connectivity index (χ2n) is 8.76. The van der Waals surface area contributed by atoms with Crippen LogP contribution in [0.1, 0.15) is 49.2 Å². The normalized spacial score (nSPS) is 17.4. The van der Waals surface area contributed by atoms with Gasteiger partial charge in [0.15, 0.2) is 0 Å². The van der Waals surface area contributed by atoms with Crippen LogP contribution in [0.15, 0.2) is 78.9 Å². The maximum Gasteiger partial charge on any atom is 0.258 e. The van der Waals surface area contributed by atoms with Crippen molar-refractivity contribution < 1.29 is 14.3 Å². The highest BCUT2D eigenvalue weighted by molar-refractivity contribution is 6.08. The monoisotopic (exact) mass is 442 g/mol. The molecule has 0 fully saturated rings. The Kier molecular flexibility index (Phi) is 6.50. The van der Waals surface area contributed by atoms with E-state index in [4.69, 9.17) is 4.74 Å². The van der Waals surface area contributed by atoms with Gasteiger partial charge in [-0.15, -0.1) is 0 Å². The van der Waals surface area contributed by atoms with E-state index in [2.05, 4.69) is 0 Å². The van der Waals surface area contributed by atoms with Crippen LogP contribution in [0.3, 0.4) is 0 Å². The summed E-state index contributed by atoms with van der Waals surface area (Å²) in [5.41, 5.74) is 3.26. The number of methoxy groups -OCH3 is 1. The quantitative estimate of drug-likeness (QED) is 0.497. The number of amides is 2. The molecule has 2 atom stereocenters. The zero-order valence-electron chi connectivity index (χ0n) is 19.6. The summed E-state index contributed by atoms with van der Waals surface area (Å²) in [5.74, 6) is 0.494. The standard InChI is InChI=1S/C28H30N2O3/c1-19(2)27(31)30(22-12-6-5-7-13-22)26-17-20(3)29(25-16-9-8-15-24(25)26)28(32)21-11-10-14-23(18-21)33-4/h5-16,18-20,26H,17H2,1-4H3/t20-,26-/m0/s1. The second kappa shape index (κ2) is 9.49. The largest absolute Gasteiger partial charge is 0.497 e. The Morgan fingerprint density at radius 3 is 2.36 bits per heavy atom. The summed E-state index contributed by atoms with van der Waals surface area (Å²) >= 11 is 0. The zero-order valence-corrected chi connectivity index (χ0v) is 19.6. The molecule has 0 unspecified atom stereocenters. The fraction of sp³-hybridized carbons (Fsp3) is 0.286. The Hall–Kier alpha value is -3.60. The number of carbonyl (C=O) groups excluding carboxylic acids is 2. The molecule has 2 amide bonds. The Morgan fingerprint density at radius 1 is 0.970 bits per heavy atom. The summed E-state index contributed by atoms with van der Waals surface area (Å²) in [6.45, 7) is 5.90. The molecule has 1 aliphatic rings. The molecule has 1 heterocycles. The van der Waals surface area contributed by atoms with Crippen LogP contribution in [-0.4, -0.2) is 25.0 Å². The molecule has 0 radical (unpaired) electrons. The average molecular weight is 443 g/mol. The van der Waals surface area contributed by atoms with Crippen molar-refractivity contribution in [3.05, 3.63) is 90.0 Å². The number of nitrogens with zero attached hydrogens (tertiary/aromatic N) is 2. The summed E-state index contributed by atoms with van der Waals surface area (Å²) in [6, 6.07) is 24.7. The van der Waals surface area contributed by atoms with E-state index in [1.807, 2.05) is 103 Å². The Balaban J connectivity index is 1.79. The van der Waals surface area contributed by atoms with Crippen LogP contribution in [0.4, 0.5) is 11.4 Å². The molecule has 4 rings (SSSR count). The van der Waals surface area contributed by atoms with Crippen molar-refractivity contribution in [1.82, 2.24) is 0 Å². The zero-order chi connectivity index (χ0) is 23.5. The average Bonchev–Trinajstić information content (AvgIpc) is 2.84. The summed E-state index contributed by atoms with van der Waals surface area (Å²) in [4.78, 5) is 30.8. The van der Waals surface area contributed by atoms with E-state index < -0.39 is 0 Å². The number of ether oxygens (including phenoxy) is 1. The van der Waals surface area contributed by atoms with Gasteiger partial charge in [-0.2, -0.15) is 0 Å². The van der Waals surface area contributed by atoms with E-state index in [0.717, 1.165) is 16.9 Å². The molecule has 0 saturated heterocycles. The van der Waals surface area contributed by atoms with E-state index >= 15 is 0 Å². The van der Waals surface area contributed by atoms with Crippen LogP contribution < -0.4 is 14.5 Å². The number of fused-ring (bicyclic) bond motifs is 1. The van der Waals surface area contributed by atoms with E-state index in [-0.39, 0.29) is 29.8 Å². The van der Waals surface area contributed by atoms with Gasteiger partial charge < -0.3 is 14.5 Å². The van der Waals surface area contributed by atoms with Crippen molar-refractivity contribution in [3.63, 3.8) is 0 Å². The highest BCUT2D eigenvalue weighted by Gasteiger charge is 2.39. The first-order valence-corrected chi connectivity index (χ1v) is 11.4. The van der Waals surface area contributed by atoms with Gasteiger partial charge in [-0.25, -0.2) is 0 Å². The number of hydrogen-bond acceptors (Lipinski definition) is 3. The number of hydrogen-bond donors (Lipinski definition) is 0. The molecule has 0 bridgehead atoms. The third kappa shape index (κ3) is 4.36. The predicted octanol–water partition coefficient (Wildman–Crippen LogP) is 5.86. The van der Waals surface area contributed by atoms with Crippen LogP contribution in [-0.2, 0) is 4.79 Å². The fourth-order valence-electron chi connectivity index (χ4n) is 4.56. The highest BCUT2D eigenvalue weighted by atomic mass is 16.5. The van der Waals surface area contributed by atoms with Crippen LogP contribution in [0, 0.1) is 5.92 Å². The molecule has 0 saturated carbocycles. The first-order chi connectivity index (χ1) is 15.9. The summed E-state index contributed by atoms with van der Waals surface area (Å²) in [6.07, 6.45) is 0.639. The van der Waals surface area contributed by atoms with Gasteiger partial charge in [0.05, 0.1) is 13.2 Å². The lowest BCUT2D eigenvalue weighted by molar-refractivity contribution is -0.122. The number of anilines is 2. The molecule has 0 aromatic heterocycles. The van der Waals surface area contributed by atoms with Gasteiger partial charge in [0.25, 0.3) is 5.91 Å². The number of rotatable bonds is 5. The lowest BCUT2D eigenvalue weighted by Crippen LogP contribution is -2.48. The molecule has 33 heavy (non-hydrogen) atoms. The van der Waals surface area contributed by atoms with Gasteiger partial charge in [0.2, 0.25) is 5.91 Å². The molecule has 0 spiro atoms. The fourth-order valence-corrected chi connectivity index (χ4v) is 4.56. The first kappa shape index (κ1) is 22.6. The SMILES string of the molecule is COc1cccc(C(=O)N2c3ccccc3[C@@H](N(C(=O)C(C)C)c3ccccc3)C[C@@H]2C)c1. The van der Waals surface area contributed by atoms with E-state index in [1.54, 1.807) is 13.2 Å². The van der Waals surface area contributed by atoms with Crippen LogP contribution >= 0.6 is 0 Å². The number of carbonyl (C=O) groups is 2. The highest BCUT2D eigenvalue weighted by Crippen LogP contribution is 2.43. The minimum Gasteiger partial charge on any atom is -0.497 e. The maximum atomic E-state index is 13.6. The van der Waals surface area contributed by atoms with E-state index in [0.29, 0.717) is 17.7 Å². The summed E-state index contributed by atoms with van der Waals surface area (Å²) < 4.78 is 5.32. The van der Waals surface area contributed by atoms with Crippen molar-refractivity contribution in [2.75, 3.05) is 16.9 Å². The Labute approximate surface area is 195 Å². The molecule has 5 heteroatoms. The lowest BCUT2D eigenvalue weighted by Gasteiger charge is -2.44. The topological polar surface area (TPSA) is 49.9 Å². The molecule has 0 N–H and O–H groups in total. The van der Waals surface area contributed by atoms with Crippen molar-refractivity contribution in [2.45, 2.75) is 39.3 Å². The smallest absolute Gasteiger partial charge is 0.258 e. The van der Waals surface area contributed by atoms with Crippen molar-refractivity contribution >= 4 is 23.2 Å². The Morgan fingerprint density at radius 2 is 1.67 bits per heavy atom. The predicted molar refractivity (Wildman–Crippen MR) is 132 cm³/mol. The van der Waals surface area contributed by atoms with Gasteiger partial charge in [0, 0.05) is 28.9 Å². The molecule has 3 aromatic carbocycles. The Bertz CT molecular complexity index is 1140. The van der Waals surface area contributed by atoms with Crippen molar-refractivity contribution in [1.29, 1.82) is 0 Å². The second-order valence-corrected chi connectivity index (χ2v) is 8.76. The van der Waals surface area contributed by atoms with E-state index in [9.17, 15) is 9.59 Å². The van der Waals surface area contributed by atoms with Gasteiger partial charge in [-0.05, 0) is 55.3 Å².